The van der Waals surface area contributed by atoms with Gasteiger partial charge in [-0.25, -0.2) is 9.97 Å². The van der Waals surface area contributed by atoms with Gasteiger partial charge < -0.3 is 8.82 Å². The highest BCUT2D eigenvalue weighted by atomic mass is 32.1. The molecule has 6 heteroatoms. The Labute approximate surface area is 309 Å². The number of thiophene rings is 1. The number of hydrogen-bond donors (Lipinski definition) is 0. The standard InChI is InChI=1S/C48H24N4OS/c1-2-11-26-25(10-1)24-32(28-13-4-3-12-27(26)28)45-47-44(31-15-6-8-18-37(31)53-47)49-48(50-45)52-35-22-23-39-43-40-34(17-9-19-38(40)54-39)51-33-16-7-5-14-29(33)30-20-21-36(52)42(41(35)43)46(30)51/h1-24H. The Morgan fingerprint density at radius 3 is 2.13 bits per heavy atom. The molecule has 0 spiro atoms. The molecule has 5 nitrogen and oxygen atoms in total. The minimum absolute atomic E-state index is 0.628. The van der Waals surface area contributed by atoms with E-state index in [-0.39, 0.29) is 0 Å². The quantitative estimate of drug-likeness (QED) is 0.168. The first kappa shape index (κ1) is 27.6. The van der Waals surface area contributed by atoms with Crippen LogP contribution in [0.4, 0.5) is 0 Å². The molecule has 0 saturated carbocycles. The summed E-state index contributed by atoms with van der Waals surface area (Å²) in [6.07, 6.45) is 0. The lowest BCUT2D eigenvalue weighted by Gasteiger charge is -2.13. The molecule has 6 aromatic heterocycles. The van der Waals surface area contributed by atoms with Gasteiger partial charge in [0.15, 0.2) is 5.58 Å². The molecule has 0 aliphatic heterocycles. The predicted octanol–water partition coefficient (Wildman–Crippen LogP) is 13.2. The number of nitrogens with zero attached hydrogens (tertiary/aromatic N) is 4. The minimum atomic E-state index is 0.628. The second-order valence-electron chi connectivity index (χ2n) is 14.5. The Morgan fingerprint density at radius 2 is 1.20 bits per heavy atom. The smallest absolute Gasteiger partial charge is 0.236 e. The third kappa shape index (κ3) is 3.20. The normalized spacial score (nSPS) is 12.8. The second-order valence-corrected chi connectivity index (χ2v) is 15.6. The molecule has 0 N–H and O–H groups in total. The molecule has 8 aromatic carbocycles. The summed E-state index contributed by atoms with van der Waals surface area (Å²) in [6, 6.07) is 52.4. The van der Waals surface area contributed by atoms with E-state index in [0.717, 1.165) is 49.5 Å². The van der Waals surface area contributed by atoms with Gasteiger partial charge in [-0.15, -0.1) is 11.3 Å². The number of aromatic nitrogens is 4. The Bertz CT molecular complexity index is 3920. The molecule has 6 heterocycles. The number of benzene rings is 8. The number of hydrogen-bond acceptors (Lipinski definition) is 4. The fourth-order valence-electron chi connectivity index (χ4n) is 9.69. The molecule has 54 heavy (non-hydrogen) atoms. The average Bonchev–Trinajstić information content (AvgIpc) is 3.95. The maximum atomic E-state index is 6.70. The summed E-state index contributed by atoms with van der Waals surface area (Å²) in [5, 5.41) is 13.3. The molecule has 0 bridgehead atoms. The van der Waals surface area contributed by atoms with Gasteiger partial charge in [0.05, 0.1) is 27.6 Å². The number of rotatable bonds is 2. The molecule has 0 aliphatic rings. The van der Waals surface area contributed by atoms with E-state index in [9.17, 15) is 0 Å². The van der Waals surface area contributed by atoms with Gasteiger partial charge in [0.2, 0.25) is 5.95 Å². The van der Waals surface area contributed by atoms with Crippen molar-refractivity contribution in [1.29, 1.82) is 0 Å². The fraction of sp³-hybridized carbons (Fsp3) is 0. The van der Waals surface area contributed by atoms with Crippen LogP contribution in [0.2, 0.25) is 0 Å². The van der Waals surface area contributed by atoms with Crippen molar-refractivity contribution in [2.24, 2.45) is 0 Å². The molecule has 0 unspecified atom stereocenters. The van der Waals surface area contributed by atoms with Crippen molar-refractivity contribution < 1.29 is 4.42 Å². The summed E-state index contributed by atoms with van der Waals surface area (Å²) in [4.78, 5) is 11.0. The Kier molecular flexibility index (Phi) is 4.85. The van der Waals surface area contributed by atoms with E-state index in [1.807, 2.05) is 23.5 Å². The first-order valence-electron chi connectivity index (χ1n) is 18.3. The van der Waals surface area contributed by atoms with Crippen LogP contribution in [0.25, 0.3) is 130 Å². The zero-order valence-corrected chi connectivity index (χ0v) is 29.3. The summed E-state index contributed by atoms with van der Waals surface area (Å²) in [7, 11) is 0. The molecule has 0 saturated heterocycles. The van der Waals surface area contributed by atoms with Crippen molar-refractivity contribution in [2.75, 3.05) is 0 Å². The van der Waals surface area contributed by atoms with Crippen LogP contribution in [0.3, 0.4) is 0 Å². The van der Waals surface area contributed by atoms with Gasteiger partial charge in [0.25, 0.3) is 0 Å². The number of fused-ring (bicyclic) bond motifs is 10. The van der Waals surface area contributed by atoms with Crippen molar-refractivity contribution in [2.45, 2.75) is 0 Å². The topological polar surface area (TPSA) is 48.3 Å². The summed E-state index contributed by atoms with van der Waals surface area (Å²) >= 11 is 1.87. The van der Waals surface area contributed by atoms with Crippen LogP contribution in [0.15, 0.2) is 150 Å². The van der Waals surface area contributed by atoms with Crippen LogP contribution in [0.5, 0.6) is 0 Å². The third-order valence-corrected chi connectivity index (χ3v) is 13.0. The molecular formula is C48H24N4OS. The maximum absolute atomic E-state index is 6.70. The average molecular weight is 705 g/mol. The lowest BCUT2D eigenvalue weighted by atomic mass is 9.95. The Morgan fingerprint density at radius 1 is 0.481 bits per heavy atom. The molecule has 14 rings (SSSR count). The molecule has 0 atom stereocenters. The fourth-order valence-corrected chi connectivity index (χ4v) is 10.8. The van der Waals surface area contributed by atoms with Crippen molar-refractivity contribution >= 4 is 124 Å². The summed E-state index contributed by atoms with van der Waals surface area (Å²) in [5.74, 6) is 0.628. The van der Waals surface area contributed by atoms with E-state index in [0.29, 0.717) is 11.5 Å². The zero-order chi connectivity index (χ0) is 34.8. The first-order chi connectivity index (χ1) is 26.8. The molecule has 0 fully saturated rings. The van der Waals surface area contributed by atoms with Crippen LogP contribution in [0.1, 0.15) is 0 Å². The Balaban J connectivity index is 1.21. The predicted molar refractivity (Wildman–Crippen MR) is 225 cm³/mol. The van der Waals surface area contributed by atoms with E-state index >= 15 is 0 Å². The van der Waals surface area contributed by atoms with E-state index < -0.39 is 0 Å². The van der Waals surface area contributed by atoms with E-state index in [1.54, 1.807) is 0 Å². The van der Waals surface area contributed by atoms with E-state index in [4.69, 9.17) is 14.4 Å². The Hall–Kier alpha value is -7.02. The van der Waals surface area contributed by atoms with Crippen LogP contribution >= 0.6 is 11.3 Å². The molecule has 14 aromatic rings. The molecule has 0 radical (unpaired) electrons. The zero-order valence-electron chi connectivity index (χ0n) is 28.5. The minimum Gasteiger partial charge on any atom is -0.452 e. The van der Waals surface area contributed by atoms with Crippen molar-refractivity contribution in [3.8, 4) is 17.2 Å². The lowest BCUT2D eigenvalue weighted by molar-refractivity contribution is 0.666. The van der Waals surface area contributed by atoms with Gasteiger partial charge in [0.1, 0.15) is 16.8 Å². The van der Waals surface area contributed by atoms with Crippen LogP contribution in [-0.2, 0) is 0 Å². The SMILES string of the molecule is c1ccc2c(c1)cc(-c1nc(-n3c4ccc5sc6cccc7c6c5c4c4c3ccc3c5ccccc5n7c34)nc3c1oc1ccccc13)c1ccccc12. The van der Waals surface area contributed by atoms with Crippen LogP contribution in [-0.4, -0.2) is 18.9 Å². The van der Waals surface area contributed by atoms with Gasteiger partial charge in [-0.3, -0.25) is 4.57 Å². The van der Waals surface area contributed by atoms with Gasteiger partial charge in [0, 0.05) is 52.7 Å². The summed E-state index contributed by atoms with van der Waals surface area (Å²) < 4.78 is 14.1. The monoisotopic (exact) mass is 704 g/mol. The third-order valence-electron chi connectivity index (χ3n) is 11.8. The van der Waals surface area contributed by atoms with E-state index in [1.165, 1.54) is 69.0 Å². The van der Waals surface area contributed by atoms with Crippen molar-refractivity contribution in [3.63, 3.8) is 0 Å². The van der Waals surface area contributed by atoms with Gasteiger partial charge in [-0.2, -0.15) is 0 Å². The van der Waals surface area contributed by atoms with Gasteiger partial charge >= 0.3 is 0 Å². The second kappa shape index (κ2) is 9.50. The van der Waals surface area contributed by atoms with E-state index in [2.05, 4.69) is 142 Å². The summed E-state index contributed by atoms with van der Waals surface area (Å²) in [6.45, 7) is 0. The molecule has 248 valence electrons. The highest BCUT2D eigenvalue weighted by Crippen LogP contribution is 2.50. The number of para-hydroxylation sites is 2. The van der Waals surface area contributed by atoms with Gasteiger partial charge in [-0.05, 0) is 76.1 Å². The maximum Gasteiger partial charge on any atom is 0.236 e. The molecule has 0 amide bonds. The van der Waals surface area contributed by atoms with Crippen LogP contribution in [0, 0.1) is 0 Å². The van der Waals surface area contributed by atoms with Gasteiger partial charge in [-0.1, -0.05) is 91.0 Å². The lowest BCUT2D eigenvalue weighted by Crippen LogP contribution is -2.03. The van der Waals surface area contributed by atoms with Crippen LogP contribution < -0.4 is 0 Å². The highest BCUT2D eigenvalue weighted by Gasteiger charge is 2.28. The van der Waals surface area contributed by atoms with Crippen molar-refractivity contribution in [3.05, 3.63) is 146 Å². The molecular weight excluding hydrogens is 681 g/mol. The number of furan rings is 1. The molecule has 0 aliphatic carbocycles. The highest BCUT2D eigenvalue weighted by molar-refractivity contribution is 7.26. The van der Waals surface area contributed by atoms with Crippen molar-refractivity contribution in [1.82, 2.24) is 18.9 Å². The first-order valence-corrected chi connectivity index (χ1v) is 19.1. The largest absolute Gasteiger partial charge is 0.452 e. The summed E-state index contributed by atoms with van der Waals surface area (Å²) in [5.41, 5.74) is 9.98.